The van der Waals surface area contributed by atoms with Gasteiger partial charge >= 0.3 is 0 Å². The maximum atomic E-state index is 12.9. The Bertz CT molecular complexity index is 339. The minimum Gasteiger partial charge on any atom is -0.489 e. The molecule has 1 heterocycles. The molecule has 0 radical (unpaired) electrons. The molecule has 0 amide bonds. The molecular formula is C11H13ClFNO. The Kier molecular flexibility index (Phi) is 3.44. The number of nitrogens with one attached hydrogen (secondary N) is 1. The Hall–Kier alpha value is -0.800. The lowest BCUT2D eigenvalue weighted by Gasteiger charge is -2.23. The van der Waals surface area contributed by atoms with Gasteiger partial charge in [0.1, 0.15) is 17.7 Å². The van der Waals surface area contributed by atoms with Crippen molar-refractivity contribution in [1.82, 2.24) is 5.32 Å². The molecule has 0 saturated carbocycles. The van der Waals surface area contributed by atoms with E-state index in [1.54, 1.807) is 6.07 Å². The zero-order chi connectivity index (χ0) is 10.7. The van der Waals surface area contributed by atoms with Gasteiger partial charge in [-0.05, 0) is 31.5 Å². The second kappa shape index (κ2) is 4.81. The summed E-state index contributed by atoms with van der Waals surface area (Å²) in [4.78, 5) is 0. The monoisotopic (exact) mass is 229 g/mol. The highest BCUT2D eigenvalue weighted by molar-refractivity contribution is 6.30. The SMILES string of the molecule is Fc1ccc(OC2CCCNC2)cc1Cl. The molecule has 1 aliphatic rings. The van der Waals surface area contributed by atoms with E-state index in [1.165, 1.54) is 12.1 Å². The van der Waals surface area contributed by atoms with Gasteiger partial charge < -0.3 is 10.1 Å². The molecule has 0 spiro atoms. The Morgan fingerprint density at radius 2 is 2.33 bits per heavy atom. The maximum absolute atomic E-state index is 12.9. The lowest BCUT2D eigenvalue weighted by Crippen LogP contribution is -2.37. The normalized spacial score (nSPS) is 21.3. The first-order valence-electron chi connectivity index (χ1n) is 5.08. The van der Waals surface area contributed by atoms with E-state index in [4.69, 9.17) is 16.3 Å². The van der Waals surface area contributed by atoms with Gasteiger partial charge in [-0.1, -0.05) is 11.6 Å². The smallest absolute Gasteiger partial charge is 0.142 e. The highest BCUT2D eigenvalue weighted by Crippen LogP contribution is 2.22. The summed E-state index contributed by atoms with van der Waals surface area (Å²) in [5.74, 6) is 0.223. The third-order valence-corrected chi connectivity index (χ3v) is 2.74. The first-order valence-corrected chi connectivity index (χ1v) is 5.46. The van der Waals surface area contributed by atoms with Gasteiger partial charge in [-0.3, -0.25) is 0 Å². The zero-order valence-electron chi connectivity index (χ0n) is 8.30. The molecule has 2 nitrogen and oxygen atoms in total. The minimum atomic E-state index is -0.411. The standard InChI is InChI=1S/C11H13ClFNO/c12-10-6-8(3-4-11(10)13)15-9-2-1-5-14-7-9/h3-4,6,9,14H,1-2,5,7H2. The number of hydrogen-bond donors (Lipinski definition) is 1. The van der Waals surface area contributed by atoms with Crippen LogP contribution in [0.4, 0.5) is 4.39 Å². The van der Waals surface area contributed by atoms with E-state index in [-0.39, 0.29) is 11.1 Å². The summed E-state index contributed by atoms with van der Waals surface area (Å²) in [5.41, 5.74) is 0. The first-order chi connectivity index (χ1) is 7.25. The quantitative estimate of drug-likeness (QED) is 0.842. The van der Waals surface area contributed by atoms with E-state index in [9.17, 15) is 4.39 Å². The van der Waals surface area contributed by atoms with Crippen LogP contribution < -0.4 is 10.1 Å². The van der Waals surface area contributed by atoms with Crippen molar-refractivity contribution in [1.29, 1.82) is 0 Å². The highest BCUT2D eigenvalue weighted by atomic mass is 35.5. The van der Waals surface area contributed by atoms with Gasteiger partial charge in [-0.25, -0.2) is 4.39 Å². The number of rotatable bonds is 2. The van der Waals surface area contributed by atoms with E-state index >= 15 is 0 Å². The van der Waals surface area contributed by atoms with Crippen molar-refractivity contribution >= 4 is 11.6 Å². The van der Waals surface area contributed by atoms with Gasteiger partial charge in [0.15, 0.2) is 0 Å². The van der Waals surface area contributed by atoms with Gasteiger partial charge in [-0.15, -0.1) is 0 Å². The van der Waals surface area contributed by atoms with Crippen LogP contribution in [0.25, 0.3) is 0 Å². The van der Waals surface area contributed by atoms with Crippen LogP contribution in [0.3, 0.4) is 0 Å². The number of benzene rings is 1. The second-order valence-electron chi connectivity index (χ2n) is 3.66. The Balaban J connectivity index is 2.00. The summed E-state index contributed by atoms with van der Waals surface area (Å²) >= 11 is 5.66. The number of halogens is 2. The van der Waals surface area contributed by atoms with Gasteiger partial charge in [0.05, 0.1) is 5.02 Å². The van der Waals surface area contributed by atoms with Crippen molar-refractivity contribution < 1.29 is 9.13 Å². The molecule has 1 aromatic rings. The summed E-state index contributed by atoms with van der Waals surface area (Å²) in [6.45, 7) is 1.89. The molecule has 2 rings (SSSR count). The minimum absolute atomic E-state index is 0.108. The molecule has 0 aliphatic carbocycles. The molecule has 1 saturated heterocycles. The van der Waals surface area contributed by atoms with Crippen LogP contribution in [0.5, 0.6) is 5.75 Å². The molecule has 1 atom stereocenters. The lowest BCUT2D eigenvalue weighted by molar-refractivity contribution is 0.167. The molecule has 1 aromatic carbocycles. The van der Waals surface area contributed by atoms with Gasteiger partial charge in [-0.2, -0.15) is 0 Å². The number of piperidine rings is 1. The summed E-state index contributed by atoms with van der Waals surface area (Å²) in [5, 5.41) is 3.36. The second-order valence-corrected chi connectivity index (χ2v) is 4.07. The number of hydrogen-bond acceptors (Lipinski definition) is 2. The van der Waals surface area contributed by atoms with Crippen LogP contribution in [-0.2, 0) is 0 Å². The van der Waals surface area contributed by atoms with E-state index in [2.05, 4.69) is 5.32 Å². The van der Waals surface area contributed by atoms with Crippen molar-refractivity contribution in [2.24, 2.45) is 0 Å². The lowest BCUT2D eigenvalue weighted by atomic mass is 10.1. The first kappa shape index (κ1) is 10.7. The summed E-state index contributed by atoms with van der Waals surface area (Å²) in [6, 6.07) is 4.45. The molecule has 1 unspecified atom stereocenters. The molecule has 0 bridgehead atoms. The third kappa shape index (κ3) is 2.83. The Morgan fingerprint density at radius 1 is 1.47 bits per heavy atom. The van der Waals surface area contributed by atoms with E-state index < -0.39 is 5.82 Å². The predicted molar refractivity (Wildman–Crippen MR) is 57.9 cm³/mol. The molecule has 1 N–H and O–H groups in total. The Labute approximate surface area is 93.4 Å². The van der Waals surface area contributed by atoms with Crippen LogP contribution in [0.2, 0.25) is 5.02 Å². The highest BCUT2D eigenvalue weighted by Gasteiger charge is 2.14. The molecule has 1 aliphatic heterocycles. The predicted octanol–water partition coefficient (Wildman–Crippen LogP) is 2.61. The molecular weight excluding hydrogens is 217 g/mol. The topological polar surface area (TPSA) is 21.3 Å². The van der Waals surface area contributed by atoms with Gasteiger partial charge in [0.2, 0.25) is 0 Å². The van der Waals surface area contributed by atoms with Crippen molar-refractivity contribution in [3.8, 4) is 5.75 Å². The summed E-state index contributed by atoms with van der Waals surface area (Å²) in [6.07, 6.45) is 2.31. The van der Waals surface area contributed by atoms with Crippen LogP contribution in [0, 0.1) is 5.82 Å². The maximum Gasteiger partial charge on any atom is 0.142 e. The third-order valence-electron chi connectivity index (χ3n) is 2.45. The molecule has 4 heteroatoms. The summed E-state index contributed by atoms with van der Waals surface area (Å²) < 4.78 is 18.6. The average molecular weight is 230 g/mol. The van der Waals surface area contributed by atoms with Crippen LogP contribution in [-0.4, -0.2) is 19.2 Å². The van der Waals surface area contributed by atoms with Crippen LogP contribution in [0.1, 0.15) is 12.8 Å². The largest absolute Gasteiger partial charge is 0.489 e. The van der Waals surface area contributed by atoms with Crippen molar-refractivity contribution in [2.75, 3.05) is 13.1 Å². The average Bonchev–Trinajstić information content (AvgIpc) is 2.25. The van der Waals surface area contributed by atoms with Crippen molar-refractivity contribution in [3.63, 3.8) is 0 Å². The fraction of sp³-hybridized carbons (Fsp3) is 0.455. The van der Waals surface area contributed by atoms with E-state index in [0.29, 0.717) is 5.75 Å². The molecule has 0 aromatic heterocycles. The van der Waals surface area contributed by atoms with Crippen molar-refractivity contribution in [2.45, 2.75) is 18.9 Å². The van der Waals surface area contributed by atoms with Gasteiger partial charge in [0.25, 0.3) is 0 Å². The zero-order valence-corrected chi connectivity index (χ0v) is 9.06. The fourth-order valence-electron chi connectivity index (χ4n) is 1.66. The molecule has 1 fully saturated rings. The van der Waals surface area contributed by atoms with Gasteiger partial charge in [0, 0.05) is 12.6 Å². The molecule has 82 valence electrons. The van der Waals surface area contributed by atoms with E-state index in [1.807, 2.05) is 0 Å². The van der Waals surface area contributed by atoms with Crippen molar-refractivity contribution in [3.05, 3.63) is 29.0 Å². The molecule has 15 heavy (non-hydrogen) atoms. The Morgan fingerprint density at radius 3 is 3.00 bits per heavy atom. The van der Waals surface area contributed by atoms with Crippen LogP contribution in [0.15, 0.2) is 18.2 Å². The number of ether oxygens (including phenoxy) is 1. The van der Waals surface area contributed by atoms with E-state index in [0.717, 1.165) is 25.9 Å². The fourth-order valence-corrected chi connectivity index (χ4v) is 1.83. The summed E-state index contributed by atoms with van der Waals surface area (Å²) in [7, 11) is 0. The van der Waals surface area contributed by atoms with Crippen LogP contribution >= 0.6 is 11.6 Å².